The fourth-order valence-corrected chi connectivity index (χ4v) is 3.21. The number of fused-ring (bicyclic) bond motifs is 1. The van der Waals surface area contributed by atoms with Gasteiger partial charge in [-0.05, 0) is 62.7 Å². The van der Waals surface area contributed by atoms with Crippen LogP contribution < -0.4 is 19.7 Å². The second-order valence-corrected chi connectivity index (χ2v) is 6.93. The first kappa shape index (κ1) is 21.3. The van der Waals surface area contributed by atoms with Gasteiger partial charge in [0.1, 0.15) is 23.4 Å². The predicted molar refractivity (Wildman–Crippen MR) is 109 cm³/mol. The molecule has 2 aromatic carbocycles. The lowest BCUT2D eigenvalue weighted by Crippen LogP contribution is -2.51. The standard InChI is InChI=1S/C22H23FN2O5/c1-4-24-22(28)14(3)25-17-10-15(5-7-20(17)30-12-21(25)27)18(26)11-29-19-8-6-16(23)9-13(19)2/h5-10,14H,4,11-12H2,1-3H3,(H,24,28). The fraction of sp³-hybridized carbons (Fsp3) is 0.318. The van der Waals surface area contributed by atoms with E-state index < -0.39 is 6.04 Å². The number of nitrogens with zero attached hydrogens (tertiary/aromatic N) is 1. The van der Waals surface area contributed by atoms with Crippen molar-refractivity contribution in [3.8, 4) is 11.5 Å². The molecule has 0 aliphatic carbocycles. The zero-order valence-corrected chi connectivity index (χ0v) is 17.0. The van der Waals surface area contributed by atoms with E-state index in [1.165, 1.54) is 29.2 Å². The van der Waals surface area contributed by atoms with Gasteiger partial charge in [-0.1, -0.05) is 0 Å². The minimum Gasteiger partial charge on any atom is -0.485 e. The summed E-state index contributed by atoms with van der Waals surface area (Å²) < 4.78 is 24.2. The molecular weight excluding hydrogens is 391 g/mol. The first-order valence-electron chi connectivity index (χ1n) is 9.60. The fourth-order valence-electron chi connectivity index (χ4n) is 3.21. The van der Waals surface area contributed by atoms with E-state index in [1.807, 2.05) is 0 Å². The number of nitrogens with one attached hydrogen (secondary N) is 1. The molecule has 0 saturated carbocycles. The third kappa shape index (κ3) is 4.42. The number of carbonyl (C=O) groups is 3. The Hall–Kier alpha value is -3.42. The van der Waals surface area contributed by atoms with Crippen molar-refractivity contribution in [2.75, 3.05) is 24.7 Å². The average molecular weight is 414 g/mol. The Kier molecular flexibility index (Phi) is 6.34. The lowest BCUT2D eigenvalue weighted by atomic mass is 10.1. The van der Waals surface area contributed by atoms with E-state index in [2.05, 4.69) is 5.32 Å². The highest BCUT2D eigenvalue weighted by atomic mass is 19.1. The molecule has 1 unspecified atom stereocenters. The lowest BCUT2D eigenvalue weighted by Gasteiger charge is -2.33. The van der Waals surface area contributed by atoms with Crippen LogP contribution in [0.4, 0.5) is 10.1 Å². The highest BCUT2D eigenvalue weighted by Gasteiger charge is 2.33. The van der Waals surface area contributed by atoms with Crippen molar-refractivity contribution in [2.45, 2.75) is 26.8 Å². The number of halogens is 1. The maximum Gasteiger partial charge on any atom is 0.265 e. The molecule has 0 radical (unpaired) electrons. The SMILES string of the molecule is CCNC(=O)C(C)N1C(=O)COc2ccc(C(=O)COc3ccc(F)cc3C)cc21. The van der Waals surface area contributed by atoms with Crippen LogP contribution in [0, 0.1) is 12.7 Å². The molecule has 1 heterocycles. The van der Waals surface area contributed by atoms with Crippen LogP contribution in [0.15, 0.2) is 36.4 Å². The summed E-state index contributed by atoms with van der Waals surface area (Å²) in [5, 5.41) is 2.69. The molecule has 8 heteroatoms. The summed E-state index contributed by atoms with van der Waals surface area (Å²) >= 11 is 0. The maximum absolute atomic E-state index is 13.2. The van der Waals surface area contributed by atoms with E-state index in [1.54, 1.807) is 32.9 Å². The van der Waals surface area contributed by atoms with Gasteiger partial charge in [0.05, 0.1) is 5.69 Å². The van der Waals surface area contributed by atoms with Gasteiger partial charge in [-0.2, -0.15) is 0 Å². The first-order valence-corrected chi connectivity index (χ1v) is 9.60. The molecule has 30 heavy (non-hydrogen) atoms. The Morgan fingerprint density at radius 1 is 1.27 bits per heavy atom. The van der Waals surface area contributed by atoms with E-state index in [-0.39, 0.29) is 36.6 Å². The molecule has 1 aliphatic heterocycles. The summed E-state index contributed by atoms with van der Waals surface area (Å²) in [5.41, 5.74) is 1.24. The Balaban J connectivity index is 1.81. The van der Waals surface area contributed by atoms with Gasteiger partial charge in [0.2, 0.25) is 5.91 Å². The molecule has 7 nitrogen and oxygen atoms in total. The van der Waals surface area contributed by atoms with E-state index in [0.717, 1.165) is 0 Å². The molecule has 158 valence electrons. The number of likely N-dealkylation sites (N-methyl/N-ethyl adjacent to an activating group) is 1. The molecule has 1 aliphatic rings. The van der Waals surface area contributed by atoms with Gasteiger partial charge < -0.3 is 14.8 Å². The smallest absolute Gasteiger partial charge is 0.265 e. The van der Waals surface area contributed by atoms with Crippen LogP contribution >= 0.6 is 0 Å². The van der Waals surface area contributed by atoms with Gasteiger partial charge in [-0.25, -0.2) is 4.39 Å². The predicted octanol–water partition coefficient (Wildman–Crippen LogP) is 2.65. The number of hydrogen-bond acceptors (Lipinski definition) is 5. The van der Waals surface area contributed by atoms with Gasteiger partial charge in [0, 0.05) is 12.1 Å². The quantitative estimate of drug-likeness (QED) is 0.704. The maximum atomic E-state index is 13.2. The minimum absolute atomic E-state index is 0.184. The summed E-state index contributed by atoms with van der Waals surface area (Å²) in [6.45, 7) is 5.09. The monoisotopic (exact) mass is 414 g/mol. The number of Topliss-reactive ketones (excluding diaryl/α,β-unsaturated/α-hetero) is 1. The second kappa shape index (κ2) is 8.94. The first-order chi connectivity index (χ1) is 14.3. The van der Waals surface area contributed by atoms with E-state index >= 15 is 0 Å². The minimum atomic E-state index is -0.761. The highest BCUT2D eigenvalue weighted by Crippen LogP contribution is 2.34. The topological polar surface area (TPSA) is 84.9 Å². The average Bonchev–Trinajstić information content (AvgIpc) is 2.72. The second-order valence-electron chi connectivity index (χ2n) is 6.93. The summed E-state index contributed by atoms with van der Waals surface area (Å²) in [4.78, 5) is 38.7. The van der Waals surface area contributed by atoms with Gasteiger partial charge in [-0.15, -0.1) is 0 Å². The van der Waals surface area contributed by atoms with Crippen LogP contribution in [0.5, 0.6) is 11.5 Å². The summed E-state index contributed by atoms with van der Waals surface area (Å²) in [7, 11) is 0. The molecule has 0 saturated heterocycles. The molecule has 0 fully saturated rings. The van der Waals surface area contributed by atoms with Crippen molar-refractivity contribution < 1.29 is 28.2 Å². The normalized spacial score (nSPS) is 13.9. The van der Waals surface area contributed by atoms with Gasteiger partial charge in [0.25, 0.3) is 5.91 Å². The zero-order valence-electron chi connectivity index (χ0n) is 17.0. The third-order valence-electron chi connectivity index (χ3n) is 4.77. The van der Waals surface area contributed by atoms with Crippen molar-refractivity contribution in [1.29, 1.82) is 0 Å². The van der Waals surface area contributed by atoms with Crippen molar-refractivity contribution >= 4 is 23.3 Å². The van der Waals surface area contributed by atoms with Crippen molar-refractivity contribution in [2.24, 2.45) is 0 Å². The lowest BCUT2D eigenvalue weighted by molar-refractivity contribution is -0.127. The molecular formula is C22H23FN2O5. The van der Waals surface area contributed by atoms with Crippen LogP contribution in [0.3, 0.4) is 0 Å². The van der Waals surface area contributed by atoms with Crippen molar-refractivity contribution in [3.63, 3.8) is 0 Å². The van der Waals surface area contributed by atoms with Crippen molar-refractivity contribution in [1.82, 2.24) is 5.32 Å². The van der Waals surface area contributed by atoms with Crippen LogP contribution in [0.25, 0.3) is 0 Å². The Morgan fingerprint density at radius 3 is 2.73 bits per heavy atom. The number of benzene rings is 2. The van der Waals surface area contributed by atoms with Gasteiger partial charge >= 0.3 is 0 Å². The number of anilines is 1. The van der Waals surface area contributed by atoms with E-state index in [0.29, 0.717) is 34.9 Å². The summed E-state index contributed by atoms with van der Waals surface area (Å²) in [6, 6.07) is 7.97. The van der Waals surface area contributed by atoms with Crippen LogP contribution in [0.1, 0.15) is 29.8 Å². The van der Waals surface area contributed by atoms with Crippen LogP contribution in [-0.4, -0.2) is 43.4 Å². The molecule has 2 amide bonds. The zero-order chi connectivity index (χ0) is 21.8. The number of amides is 2. The van der Waals surface area contributed by atoms with Gasteiger partial charge in [-0.3, -0.25) is 19.3 Å². The molecule has 0 aromatic heterocycles. The Labute approximate surface area is 173 Å². The van der Waals surface area contributed by atoms with E-state index in [4.69, 9.17) is 9.47 Å². The van der Waals surface area contributed by atoms with Crippen LogP contribution in [0.2, 0.25) is 0 Å². The van der Waals surface area contributed by atoms with Crippen molar-refractivity contribution in [3.05, 3.63) is 53.3 Å². The number of aryl methyl sites for hydroxylation is 1. The highest BCUT2D eigenvalue weighted by molar-refractivity contribution is 6.05. The molecule has 2 aromatic rings. The number of carbonyl (C=O) groups excluding carboxylic acids is 3. The largest absolute Gasteiger partial charge is 0.485 e. The third-order valence-corrected chi connectivity index (χ3v) is 4.77. The number of hydrogen-bond donors (Lipinski definition) is 1. The Bertz CT molecular complexity index is 991. The molecule has 0 spiro atoms. The number of ether oxygens (including phenoxy) is 2. The Morgan fingerprint density at radius 2 is 2.03 bits per heavy atom. The van der Waals surface area contributed by atoms with Gasteiger partial charge in [0.15, 0.2) is 19.0 Å². The molecule has 0 bridgehead atoms. The number of ketones is 1. The molecule has 3 rings (SSSR count). The summed E-state index contributed by atoms with van der Waals surface area (Å²) in [6.07, 6.45) is 0. The summed E-state index contributed by atoms with van der Waals surface area (Å²) in [5.74, 6) is -0.558. The van der Waals surface area contributed by atoms with Crippen LogP contribution in [-0.2, 0) is 9.59 Å². The number of rotatable bonds is 7. The molecule has 1 atom stereocenters. The molecule has 1 N–H and O–H groups in total. The van der Waals surface area contributed by atoms with E-state index in [9.17, 15) is 18.8 Å².